The molecule has 0 unspecified atom stereocenters. The van der Waals surface area contributed by atoms with Crippen molar-refractivity contribution in [2.45, 2.75) is 6.92 Å². The number of amides is 1. The molecule has 0 atom stereocenters. The molecule has 0 heterocycles. The van der Waals surface area contributed by atoms with Crippen molar-refractivity contribution in [3.8, 4) is 11.1 Å². The highest BCUT2D eigenvalue weighted by atomic mass is 32.2. The van der Waals surface area contributed by atoms with Crippen LogP contribution >= 0.6 is 0 Å². The molecule has 0 spiro atoms. The van der Waals surface area contributed by atoms with Crippen LogP contribution in [0.2, 0.25) is 0 Å². The molecule has 0 aromatic heterocycles. The molecule has 0 aliphatic carbocycles. The number of aryl methyl sites for hydroxylation is 1. The van der Waals surface area contributed by atoms with Crippen molar-refractivity contribution in [1.82, 2.24) is 0 Å². The van der Waals surface area contributed by atoms with Crippen LogP contribution in [0.15, 0.2) is 72.8 Å². The quantitative estimate of drug-likeness (QED) is 0.456. The molecular formula is C21H22N2O4S. The fraction of sp³-hybridized carbons (Fsp3) is 0.0952. The van der Waals surface area contributed by atoms with E-state index >= 15 is 0 Å². The van der Waals surface area contributed by atoms with Gasteiger partial charge in [0.05, 0.1) is 6.26 Å². The average molecular weight is 398 g/mol. The summed E-state index contributed by atoms with van der Waals surface area (Å²) in [5, 5.41) is 2.91. The molecule has 0 aliphatic rings. The van der Waals surface area contributed by atoms with Crippen LogP contribution in [0.3, 0.4) is 0 Å². The Labute approximate surface area is 164 Å². The minimum Gasteiger partial charge on any atom is -0.399 e. The lowest BCUT2D eigenvalue weighted by Gasteiger charge is -2.11. The summed E-state index contributed by atoms with van der Waals surface area (Å²) in [6.45, 7) is 2.05. The number of carbonyl (C=O) groups excluding carboxylic acids is 1. The zero-order valence-electron chi connectivity index (χ0n) is 15.6. The van der Waals surface area contributed by atoms with E-state index in [0.717, 1.165) is 16.8 Å². The van der Waals surface area contributed by atoms with Gasteiger partial charge in [-0.2, -0.15) is 8.42 Å². The third kappa shape index (κ3) is 6.86. The van der Waals surface area contributed by atoms with Crippen molar-refractivity contribution in [3.05, 3.63) is 83.9 Å². The Hall–Kier alpha value is -3.16. The highest BCUT2D eigenvalue weighted by Gasteiger charge is 2.12. The predicted octanol–water partition coefficient (Wildman–Crippen LogP) is 4.00. The highest BCUT2D eigenvalue weighted by Crippen LogP contribution is 2.25. The van der Waals surface area contributed by atoms with Crippen molar-refractivity contribution >= 4 is 27.4 Å². The third-order valence-electron chi connectivity index (χ3n) is 3.70. The minimum absolute atomic E-state index is 0.133. The summed E-state index contributed by atoms with van der Waals surface area (Å²) in [6, 6.07) is 22.9. The first-order valence-electron chi connectivity index (χ1n) is 8.39. The second kappa shape index (κ2) is 9.16. The summed E-state index contributed by atoms with van der Waals surface area (Å²) in [5.41, 5.74) is 10.8. The number of rotatable bonds is 3. The average Bonchev–Trinajstić information content (AvgIpc) is 2.63. The van der Waals surface area contributed by atoms with Gasteiger partial charge in [0, 0.05) is 16.9 Å². The van der Waals surface area contributed by atoms with Gasteiger partial charge in [-0.05, 0) is 48.4 Å². The lowest BCUT2D eigenvalue weighted by Crippen LogP contribution is -2.13. The highest BCUT2D eigenvalue weighted by molar-refractivity contribution is 7.85. The van der Waals surface area contributed by atoms with Gasteiger partial charge in [-0.3, -0.25) is 9.35 Å². The Kier molecular flexibility index (Phi) is 6.92. The number of hydrogen-bond donors (Lipinski definition) is 3. The minimum atomic E-state index is -3.67. The molecule has 3 aromatic carbocycles. The number of anilines is 2. The van der Waals surface area contributed by atoms with Crippen LogP contribution in [-0.2, 0) is 10.1 Å². The molecule has 4 N–H and O–H groups in total. The molecule has 6 nitrogen and oxygen atoms in total. The smallest absolute Gasteiger partial charge is 0.261 e. The van der Waals surface area contributed by atoms with Gasteiger partial charge in [0.15, 0.2) is 0 Å². The van der Waals surface area contributed by atoms with Crippen molar-refractivity contribution in [2.24, 2.45) is 0 Å². The van der Waals surface area contributed by atoms with Gasteiger partial charge in [0.1, 0.15) is 0 Å². The molecule has 0 fully saturated rings. The summed E-state index contributed by atoms with van der Waals surface area (Å²) in [7, 11) is -3.67. The molecule has 0 radical (unpaired) electrons. The van der Waals surface area contributed by atoms with E-state index < -0.39 is 10.1 Å². The van der Waals surface area contributed by atoms with Crippen LogP contribution in [0.25, 0.3) is 11.1 Å². The predicted molar refractivity (Wildman–Crippen MR) is 113 cm³/mol. The van der Waals surface area contributed by atoms with E-state index in [4.69, 9.17) is 10.3 Å². The van der Waals surface area contributed by atoms with Crippen molar-refractivity contribution < 1.29 is 17.8 Å². The molecule has 3 rings (SSSR count). The Morgan fingerprint density at radius 2 is 1.46 bits per heavy atom. The van der Waals surface area contributed by atoms with E-state index in [0.29, 0.717) is 17.5 Å². The maximum atomic E-state index is 12.6. The number of hydrogen-bond acceptors (Lipinski definition) is 4. The van der Waals surface area contributed by atoms with Crippen molar-refractivity contribution in [2.75, 3.05) is 17.3 Å². The second-order valence-corrected chi connectivity index (χ2v) is 7.69. The van der Waals surface area contributed by atoms with Crippen LogP contribution in [-0.4, -0.2) is 25.1 Å². The fourth-order valence-corrected chi connectivity index (χ4v) is 2.43. The summed E-state index contributed by atoms with van der Waals surface area (Å²) in [5.74, 6) is -0.133. The SMILES string of the molecule is CS(=O)(=O)O.Cc1ccc(-c2ccccc2C(=O)Nc2ccc(N)cc2)cc1. The van der Waals surface area contributed by atoms with Gasteiger partial charge in [-0.25, -0.2) is 0 Å². The topological polar surface area (TPSA) is 109 Å². The van der Waals surface area contributed by atoms with Gasteiger partial charge < -0.3 is 11.1 Å². The van der Waals surface area contributed by atoms with E-state index in [2.05, 4.69) is 5.32 Å². The van der Waals surface area contributed by atoms with Crippen molar-refractivity contribution in [3.63, 3.8) is 0 Å². The molecule has 3 aromatic rings. The second-order valence-electron chi connectivity index (χ2n) is 6.22. The van der Waals surface area contributed by atoms with Gasteiger partial charge >= 0.3 is 0 Å². The van der Waals surface area contributed by atoms with Crippen LogP contribution in [0.5, 0.6) is 0 Å². The molecular weight excluding hydrogens is 376 g/mol. The molecule has 7 heteroatoms. The molecule has 0 saturated heterocycles. The van der Waals surface area contributed by atoms with E-state index in [1.165, 1.54) is 5.56 Å². The van der Waals surface area contributed by atoms with Crippen LogP contribution < -0.4 is 11.1 Å². The number of nitrogens with two attached hydrogens (primary N) is 1. The van der Waals surface area contributed by atoms with E-state index in [-0.39, 0.29) is 5.91 Å². The lowest BCUT2D eigenvalue weighted by molar-refractivity contribution is 0.102. The molecule has 28 heavy (non-hydrogen) atoms. The summed E-state index contributed by atoms with van der Waals surface area (Å²) < 4.78 is 25.9. The Morgan fingerprint density at radius 3 is 2.04 bits per heavy atom. The Bertz CT molecular complexity index is 1040. The lowest BCUT2D eigenvalue weighted by atomic mass is 9.98. The van der Waals surface area contributed by atoms with Gasteiger partial charge in [0.25, 0.3) is 16.0 Å². The van der Waals surface area contributed by atoms with E-state index in [1.807, 2.05) is 55.5 Å². The number of nitrogen functional groups attached to an aromatic ring is 1. The van der Waals surface area contributed by atoms with Crippen molar-refractivity contribution in [1.29, 1.82) is 0 Å². The first kappa shape index (κ1) is 21.1. The van der Waals surface area contributed by atoms with Gasteiger partial charge in [-0.1, -0.05) is 48.0 Å². The standard InChI is InChI=1S/C20H18N2O.CH4O3S/c1-14-6-8-15(9-7-14)18-4-2-3-5-19(18)20(23)22-17-12-10-16(21)11-13-17;1-5(2,3)4/h2-13H,21H2,1H3,(H,22,23);1H3,(H,2,3,4). The van der Waals surface area contributed by atoms with Crippen LogP contribution in [0.1, 0.15) is 15.9 Å². The molecule has 146 valence electrons. The number of nitrogens with one attached hydrogen (secondary N) is 1. The number of carbonyl (C=O) groups is 1. The molecule has 0 aliphatic heterocycles. The largest absolute Gasteiger partial charge is 0.399 e. The van der Waals surface area contributed by atoms with Crippen LogP contribution in [0, 0.1) is 6.92 Å². The normalized spacial score (nSPS) is 10.5. The molecule has 0 saturated carbocycles. The van der Waals surface area contributed by atoms with Gasteiger partial charge in [0.2, 0.25) is 0 Å². The zero-order chi connectivity index (χ0) is 20.7. The maximum Gasteiger partial charge on any atom is 0.261 e. The Balaban J connectivity index is 0.000000500. The summed E-state index contributed by atoms with van der Waals surface area (Å²) >= 11 is 0. The van der Waals surface area contributed by atoms with Gasteiger partial charge in [-0.15, -0.1) is 0 Å². The molecule has 0 bridgehead atoms. The van der Waals surface area contributed by atoms with E-state index in [9.17, 15) is 13.2 Å². The zero-order valence-corrected chi connectivity index (χ0v) is 16.4. The third-order valence-corrected chi connectivity index (χ3v) is 3.70. The fourth-order valence-electron chi connectivity index (χ4n) is 2.43. The molecule has 1 amide bonds. The summed E-state index contributed by atoms with van der Waals surface area (Å²) in [4.78, 5) is 12.6. The maximum absolute atomic E-state index is 12.6. The number of benzene rings is 3. The van der Waals surface area contributed by atoms with Crippen LogP contribution in [0.4, 0.5) is 11.4 Å². The summed E-state index contributed by atoms with van der Waals surface area (Å²) in [6.07, 6.45) is 0.715. The first-order chi connectivity index (χ1) is 13.1. The van der Waals surface area contributed by atoms with E-state index in [1.54, 1.807) is 24.3 Å². The first-order valence-corrected chi connectivity index (χ1v) is 10.2. The Morgan fingerprint density at radius 1 is 0.929 bits per heavy atom. The monoisotopic (exact) mass is 398 g/mol.